The third-order valence-electron chi connectivity index (χ3n) is 6.08. The van der Waals surface area contributed by atoms with Crippen LogP contribution in [0.15, 0.2) is 18.2 Å². The Morgan fingerprint density at radius 2 is 2.20 bits per heavy atom. The van der Waals surface area contributed by atoms with Crippen molar-refractivity contribution in [3.05, 3.63) is 29.6 Å². The average molecular weight is 350 g/mol. The molecule has 1 amide bonds. The van der Waals surface area contributed by atoms with Gasteiger partial charge in [-0.1, -0.05) is 19.9 Å². The molecule has 1 heterocycles. The van der Waals surface area contributed by atoms with Crippen LogP contribution >= 0.6 is 0 Å². The highest BCUT2D eigenvalue weighted by atomic mass is 19.1. The lowest BCUT2D eigenvalue weighted by Gasteiger charge is -2.65. The van der Waals surface area contributed by atoms with Gasteiger partial charge < -0.3 is 20.5 Å². The summed E-state index contributed by atoms with van der Waals surface area (Å²) in [6, 6.07) is 4.33. The highest BCUT2D eigenvalue weighted by Gasteiger charge is 2.70. The lowest BCUT2D eigenvalue weighted by Crippen LogP contribution is -2.82. The molecule has 1 saturated carbocycles. The van der Waals surface area contributed by atoms with Gasteiger partial charge in [-0.25, -0.2) is 4.39 Å². The number of carbonyl (C=O) groups excluding carboxylic acids is 1. The van der Waals surface area contributed by atoms with E-state index in [9.17, 15) is 9.18 Å². The molecule has 6 heteroatoms. The second-order valence-corrected chi connectivity index (χ2v) is 7.72. The minimum atomic E-state index is -0.975. The molecule has 4 atom stereocenters. The van der Waals surface area contributed by atoms with Gasteiger partial charge in [0.05, 0.1) is 19.3 Å². The van der Waals surface area contributed by atoms with E-state index in [1.807, 2.05) is 20.8 Å². The van der Waals surface area contributed by atoms with E-state index in [1.54, 1.807) is 12.1 Å². The molecule has 1 aromatic carbocycles. The second kappa shape index (κ2) is 6.25. The summed E-state index contributed by atoms with van der Waals surface area (Å²) in [5, 5.41) is 2.97. The third kappa shape index (κ3) is 2.62. The molecule has 3 rings (SSSR count). The summed E-state index contributed by atoms with van der Waals surface area (Å²) in [6.07, 6.45) is 1.83. The van der Waals surface area contributed by atoms with Gasteiger partial charge in [-0.2, -0.15) is 0 Å². The number of hydrogen-bond acceptors (Lipinski definition) is 4. The van der Waals surface area contributed by atoms with Crippen LogP contribution in [-0.2, 0) is 9.53 Å². The van der Waals surface area contributed by atoms with E-state index in [1.165, 1.54) is 13.2 Å². The van der Waals surface area contributed by atoms with E-state index in [0.29, 0.717) is 5.56 Å². The lowest BCUT2D eigenvalue weighted by molar-refractivity contribution is -0.225. The summed E-state index contributed by atoms with van der Waals surface area (Å²) in [7, 11) is 1.42. The molecule has 138 valence electrons. The topological polar surface area (TPSA) is 73.6 Å². The Morgan fingerprint density at radius 3 is 2.84 bits per heavy atom. The van der Waals surface area contributed by atoms with Crippen molar-refractivity contribution < 1.29 is 18.7 Å². The fourth-order valence-electron chi connectivity index (χ4n) is 4.39. The molecule has 25 heavy (non-hydrogen) atoms. The van der Waals surface area contributed by atoms with E-state index in [4.69, 9.17) is 15.2 Å². The molecule has 1 aliphatic heterocycles. The number of ether oxygens (including phenoxy) is 2. The van der Waals surface area contributed by atoms with Crippen LogP contribution < -0.4 is 15.8 Å². The molecule has 1 aliphatic carbocycles. The molecule has 1 saturated heterocycles. The van der Waals surface area contributed by atoms with Gasteiger partial charge in [0.25, 0.3) is 0 Å². The number of fused-ring (bicyclic) bond motifs is 1. The zero-order valence-electron chi connectivity index (χ0n) is 15.3. The highest BCUT2D eigenvalue weighted by Crippen LogP contribution is 2.57. The van der Waals surface area contributed by atoms with Crippen LogP contribution in [0.2, 0.25) is 0 Å². The number of halogens is 1. The van der Waals surface area contributed by atoms with Crippen molar-refractivity contribution in [3.8, 4) is 5.75 Å². The van der Waals surface area contributed by atoms with Crippen LogP contribution in [0.4, 0.5) is 4.39 Å². The fourth-order valence-corrected chi connectivity index (χ4v) is 4.39. The number of methoxy groups -OCH3 is 1. The van der Waals surface area contributed by atoms with Crippen LogP contribution in [0.1, 0.15) is 45.2 Å². The van der Waals surface area contributed by atoms with Crippen molar-refractivity contribution in [2.45, 2.75) is 51.3 Å². The van der Waals surface area contributed by atoms with Gasteiger partial charge in [0.2, 0.25) is 5.91 Å². The number of nitrogens with two attached hydrogens (primary N) is 1. The molecule has 2 fully saturated rings. The van der Waals surface area contributed by atoms with E-state index < -0.39 is 16.8 Å². The minimum absolute atomic E-state index is 0.0192. The maximum atomic E-state index is 13.9. The molecular formula is C19H27FN2O3. The van der Waals surface area contributed by atoms with E-state index >= 15 is 0 Å². The van der Waals surface area contributed by atoms with Gasteiger partial charge in [-0.15, -0.1) is 0 Å². The molecule has 5 nitrogen and oxygen atoms in total. The van der Waals surface area contributed by atoms with Crippen LogP contribution in [0.5, 0.6) is 5.75 Å². The summed E-state index contributed by atoms with van der Waals surface area (Å²) in [6.45, 7) is 6.51. The molecule has 0 radical (unpaired) electrons. The van der Waals surface area contributed by atoms with Crippen molar-refractivity contribution in [2.75, 3.05) is 13.7 Å². The molecule has 0 aromatic heterocycles. The summed E-state index contributed by atoms with van der Waals surface area (Å²) in [4.78, 5) is 13.0. The lowest BCUT2D eigenvalue weighted by atomic mass is 9.46. The average Bonchev–Trinajstić information content (AvgIpc) is 2.60. The van der Waals surface area contributed by atoms with E-state index in [0.717, 1.165) is 19.4 Å². The first kappa shape index (κ1) is 18.1. The van der Waals surface area contributed by atoms with Crippen molar-refractivity contribution in [2.24, 2.45) is 17.1 Å². The zero-order valence-corrected chi connectivity index (χ0v) is 15.3. The Balaban J connectivity index is 1.76. The Kier molecular flexibility index (Phi) is 4.54. The number of hydrogen-bond donors (Lipinski definition) is 2. The Morgan fingerprint density at radius 1 is 1.48 bits per heavy atom. The molecular weight excluding hydrogens is 323 g/mol. The van der Waals surface area contributed by atoms with Gasteiger partial charge in [0, 0.05) is 17.9 Å². The summed E-state index contributed by atoms with van der Waals surface area (Å²) in [5.74, 6) is -0.447. The monoisotopic (exact) mass is 350 g/mol. The van der Waals surface area contributed by atoms with Crippen LogP contribution in [0.3, 0.4) is 0 Å². The van der Waals surface area contributed by atoms with Crippen molar-refractivity contribution in [3.63, 3.8) is 0 Å². The first-order valence-electron chi connectivity index (χ1n) is 8.78. The molecule has 0 bridgehead atoms. The SMILES string of the molecule is COc1ccc(C(C)NC(=O)C2(N)C3CCCOC3C2(C)C)cc1F. The Labute approximate surface area is 148 Å². The smallest absolute Gasteiger partial charge is 0.241 e. The summed E-state index contributed by atoms with van der Waals surface area (Å²) < 4.78 is 24.7. The quantitative estimate of drug-likeness (QED) is 0.875. The zero-order chi connectivity index (χ0) is 18.4. The fraction of sp³-hybridized carbons (Fsp3) is 0.632. The largest absolute Gasteiger partial charge is 0.494 e. The van der Waals surface area contributed by atoms with Crippen molar-refractivity contribution >= 4 is 5.91 Å². The molecule has 3 N–H and O–H groups in total. The van der Waals surface area contributed by atoms with Gasteiger partial charge in [-0.3, -0.25) is 4.79 Å². The maximum absolute atomic E-state index is 13.9. The van der Waals surface area contributed by atoms with Crippen LogP contribution in [0.25, 0.3) is 0 Å². The molecule has 0 spiro atoms. The van der Waals surface area contributed by atoms with E-state index in [-0.39, 0.29) is 29.7 Å². The summed E-state index contributed by atoms with van der Waals surface area (Å²) >= 11 is 0. The number of amides is 1. The number of rotatable bonds is 4. The Hall–Kier alpha value is -1.66. The molecule has 1 aromatic rings. The number of benzene rings is 1. The normalized spacial score (nSPS) is 31.4. The summed E-state index contributed by atoms with van der Waals surface area (Å²) in [5.41, 5.74) is 5.85. The van der Waals surface area contributed by atoms with Gasteiger partial charge in [-0.05, 0) is 37.5 Å². The third-order valence-corrected chi connectivity index (χ3v) is 6.08. The number of nitrogens with one attached hydrogen (secondary N) is 1. The molecule has 2 aliphatic rings. The molecule has 4 unspecified atom stereocenters. The van der Waals surface area contributed by atoms with Crippen molar-refractivity contribution in [1.29, 1.82) is 0 Å². The predicted molar refractivity (Wildman–Crippen MR) is 92.7 cm³/mol. The predicted octanol–water partition coefficient (Wildman–Crippen LogP) is 2.54. The van der Waals surface area contributed by atoms with Gasteiger partial charge >= 0.3 is 0 Å². The van der Waals surface area contributed by atoms with Crippen LogP contribution in [-0.4, -0.2) is 31.3 Å². The number of carbonyl (C=O) groups is 1. The van der Waals surface area contributed by atoms with E-state index in [2.05, 4.69) is 5.32 Å². The second-order valence-electron chi connectivity index (χ2n) is 7.72. The van der Waals surface area contributed by atoms with Gasteiger partial charge in [0.15, 0.2) is 11.6 Å². The Bertz CT molecular complexity index is 679. The maximum Gasteiger partial charge on any atom is 0.241 e. The van der Waals surface area contributed by atoms with Gasteiger partial charge in [0.1, 0.15) is 5.54 Å². The first-order chi connectivity index (χ1) is 11.7. The standard InChI is InChI=1S/C19H27FN2O3/c1-11(12-7-8-15(24-4)14(20)10-12)22-17(23)19(21)13-6-5-9-25-16(13)18(19,2)3/h7-8,10-11,13,16H,5-6,9,21H2,1-4H3,(H,22,23). The minimum Gasteiger partial charge on any atom is -0.494 e. The highest BCUT2D eigenvalue weighted by molar-refractivity contribution is 5.89. The van der Waals surface area contributed by atoms with Crippen LogP contribution in [0, 0.1) is 17.2 Å². The first-order valence-corrected chi connectivity index (χ1v) is 8.78. The van der Waals surface area contributed by atoms with Crippen molar-refractivity contribution in [1.82, 2.24) is 5.32 Å².